The summed E-state index contributed by atoms with van der Waals surface area (Å²) < 4.78 is 5.30. The molecule has 4 nitrogen and oxygen atoms in total. The molecule has 0 amide bonds. The molecule has 0 aromatic heterocycles. The minimum absolute atomic E-state index is 0.0277. The van der Waals surface area contributed by atoms with Gasteiger partial charge in [-0.3, -0.25) is 0 Å². The van der Waals surface area contributed by atoms with Crippen molar-refractivity contribution in [3.05, 3.63) is 48.2 Å². The summed E-state index contributed by atoms with van der Waals surface area (Å²) in [6.45, 7) is 0. The molecule has 0 unspecified atom stereocenters. The Bertz CT molecular complexity index is 704. The van der Waals surface area contributed by atoms with Crippen LogP contribution < -0.4 is 10.1 Å². The summed E-state index contributed by atoms with van der Waals surface area (Å²) in [7, 11) is 1.62. The molecule has 0 aliphatic carbocycles. The fourth-order valence-electron chi connectivity index (χ4n) is 1.81. The normalized spacial score (nSPS) is 9.21. The maximum atomic E-state index is 8.70. The lowest BCUT2D eigenvalue weighted by Gasteiger charge is -2.10. The van der Waals surface area contributed by atoms with E-state index in [0.717, 1.165) is 22.2 Å². The zero-order valence-electron chi connectivity index (χ0n) is 10.3. The second kappa shape index (κ2) is 5.57. The van der Waals surface area contributed by atoms with Gasteiger partial charge in [0.25, 0.3) is 0 Å². The standard InChI is InChI=1S/C15H11N3O/c1-19-15-7-6-14(18-10-11(8-16)9-17)12-4-2-3-5-13(12)15/h2-7,10,18H,1H3. The van der Waals surface area contributed by atoms with Crippen LogP contribution in [0.4, 0.5) is 5.69 Å². The van der Waals surface area contributed by atoms with E-state index in [1.54, 1.807) is 19.2 Å². The van der Waals surface area contributed by atoms with E-state index in [1.165, 1.54) is 6.20 Å². The van der Waals surface area contributed by atoms with Crippen molar-refractivity contribution >= 4 is 16.5 Å². The summed E-state index contributed by atoms with van der Waals surface area (Å²) in [5.74, 6) is 0.783. The van der Waals surface area contributed by atoms with E-state index in [0.29, 0.717) is 0 Å². The Morgan fingerprint density at radius 1 is 1.11 bits per heavy atom. The second-order valence-electron chi connectivity index (χ2n) is 3.79. The molecule has 0 atom stereocenters. The van der Waals surface area contributed by atoms with Crippen molar-refractivity contribution in [2.75, 3.05) is 12.4 Å². The topological polar surface area (TPSA) is 68.8 Å². The summed E-state index contributed by atoms with van der Waals surface area (Å²) in [5, 5.41) is 22.3. The molecule has 2 rings (SSSR count). The quantitative estimate of drug-likeness (QED) is 0.848. The number of fused-ring (bicyclic) bond motifs is 1. The number of nitrogens with one attached hydrogen (secondary N) is 1. The van der Waals surface area contributed by atoms with Crippen LogP contribution in [0.3, 0.4) is 0 Å². The fraction of sp³-hybridized carbons (Fsp3) is 0.0667. The van der Waals surface area contributed by atoms with E-state index in [4.69, 9.17) is 15.3 Å². The van der Waals surface area contributed by atoms with Crippen molar-refractivity contribution in [1.82, 2.24) is 0 Å². The predicted molar refractivity (Wildman–Crippen MR) is 73.4 cm³/mol. The molecule has 0 radical (unpaired) electrons. The van der Waals surface area contributed by atoms with Crippen molar-refractivity contribution in [1.29, 1.82) is 10.5 Å². The molecule has 0 saturated carbocycles. The first-order valence-corrected chi connectivity index (χ1v) is 5.62. The number of nitriles is 2. The molecule has 19 heavy (non-hydrogen) atoms. The fourth-order valence-corrected chi connectivity index (χ4v) is 1.81. The number of nitrogens with zero attached hydrogens (tertiary/aromatic N) is 2. The summed E-state index contributed by atoms with van der Waals surface area (Å²) >= 11 is 0. The Balaban J connectivity index is 2.49. The lowest BCUT2D eigenvalue weighted by atomic mass is 10.1. The SMILES string of the molecule is COc1ccc(NC=C(C#N)C#N)c2ccccc12. The van der Waals surface area contributed by atoms with Gasteiger partial charge in [0.15, 0.2) is 0 Å². The van der Waals surface area contributed by atoms with Gasteiger partial charge in [0, 0.05) is 22.7 Å². The Labute approximate surface area is 111 Å². The number of methoxy groups -OCH3 is 1. The Hall–Kier alpha value is -2.98. The highest BCUT2D eigenvalue weighted by molar-refractivity contribution is 5.98. The molecule has 0 spiro atoms. The lowest BCUT2D eigenvalue weighted by molar-refractivity contribution is 0.420. The van der Waals surface area contributed by atoms with Crippen LogP contribution in [0.5, 0.6) is 5.75 Å². The molecule has 92 valence electrons. The highest BCUT2D eigenvalue weighted by Crippen LogP contribution is 2.31. The zero-order chi connectivity index (χ0) is 13.7. The molecule has 0 aliphatic heterocycles. The van der Waals surface area contributed by atoms with Gasteiger partial charge in [0.2, 0.25) is 0 Å². The Morgan fingerprint density at radius 3 is 2.42 bits per heavy atom. The monoisotopic (exact) mass is 249 g/mol. The van der Waals surface area contributed by atoms with Gasteiger partial charge in [0.05, 0.1) is 7.11 Å². The second-order valence-corrected chi connectivity index (χ2v) is 3.79. The van der Waals surface area contributed by atoms with Gasteiger partial charge in [-0.25, -0.2) is 0 Å². The highest BCUT2D eigenvalue weighted by atomic mass is 16.5. The van der Waals surface area contributed by atoms with E-state index in [-0.39, 0.29) is 5.57 Å². The van der Waals surface area contributed by atoms with Gasteiger partial charge in [-0.2, -0.15) is 10.5 Å². The van der Waals surface area contributed by atoms with E-state index in [2.05, 4.69) is 5.32 Å². The molecule has 4 heteroatoms. The molecule has 0 aliphatic rings. The summed E-state index contributed by atoms with van der Waals surface area (Å²) in [6.07, 6.45) is 1.40. The average molecular weight is 249 g/mol. The number of anilines is 1. The number of hydrogen-bond acceptors (Lipinski definition) is 4. The van der Waals surface area contributed by atoms with Crippen LogP contribution in [0.2, 0.25) is 0 Å². The van der Waals surface area contributed by atoms with Crippen molar-refractivity contribution in [2.24, 2.45) is 0 Å². The van der Waals surface area contributed by atoms with Gasteiger partial charge in [-0.15, -0.1) is 0 Å². The minimum atomic E-state index is 0.0277. The first kappa shape index (κ1) is 12.5. The van der Waals surface area contributed by atoms with Gasteiger partial charge >= 0.3 is 0 Å². The van der Waals surface area contributed by atoms with Crippen LogP contribution >= 0.6 is 0 Å². The zero-order valence-corrected chi connectivity index (χ0v) is 10.3. The van der Waals surface area contributed by atoms with Crippen molar-refractivity contribution in [3.63, 3.8) is 0 Å². The van der Waals surface area contributed by atoms with Crippen LogP contribution in [0.25, 0.3) is 10.8 Å². The molecule has 2 aromatic rings. The van der Waals surface area contributed by atoms with Crippen LogP contribution in [0, 0.1) is 22.7 Å². The smallest absolute Gasteiger partial charge is 0.145 e. The molecule has 0 heterocycles. The predicted octanol–water partition coefficient (Wildman–Crippen LogP) is 3.19. The third kappa shape index (κ3) is 2.48. The first-order chi connectivity index (χ1) is 9.30. The third-order valence-electron chi connectivity index (χ3n) is 2.72. The number of rotatable bonds is 3. The van der Waals surface area contributed by atoms with Gasteiger partial charge in [0.1, 0.15) is 23.5 Å². The summed E-state index contributed by atoms with van der Waals surface area (Å²) in [5.41, 5.74) is 0.847. The lowest BCUT2D eigenvalue weighted by Crippen LogP contribution is -1.93. The average Bonchev–Trinajstić information content (AvgIpc) is 2.48. The third-order valence-corrected chi connectivity index (χ3v) is 2.72. The number of ether oxygens (including phenoxy) is 1. The van der Waals surface area contributed by atoms with Crippen molar-refractivity contribution in [2.45, 2.75) is 0 Å². The molecule has 1 N–H and O–H groups in total. The van der Waals surface area contributed by atoms with Crippen LogP contribution in [0.15, 0.2) is 48.2 Å². The van der Waals surface area contributed by atoms with Gasteiger partial charge in [-0.1, -0.05) is 24.3 Å². The first-order valence-electron chi connectivity index (χ1n) is 5.62. The Kier molecular flexibility index (Phi) is 3.66. The van der Waals surface area contributed by atoms with E-state index < -0.39 is 0 Å². The maximum Gasteiger partial charge on any atom is 0.145 e. The van der Waals surface area contributed by atoms with Crippen LogP contribution in [-0.4, -0.2) is 7.11 Å². The molecule has 2 aromatic carbocycles. The van der Waals surface area contributed by atoms with Crippen LogP contribution in [0.1, 0.15) is 0 Å². The highest BCUT2D eigenvalue weighted by Gasteiger charge is 2.05. The summed E-state index contributed by atoms with van der Waals surface area (Å²) in [4.78, 5) is 0. The van der Waals surface area contributed by atoms with E-state index in [1.807, 2.05) is 36.4 Å². The molecule has 0 bridgehead atoms. The molecular formula is C15H11N3O. The summed E-state index contributed by atoms with van der Waals surface area (Å²) in [6, 6.07) is 15.1. The van der Waals surface area contributed by atoms with Gasteiger partial charge < -0.3 is 10.1 Å². The number of allylic oxidation sites excluding steroid dienone is 1. The van der Waals surface area contributed by atoms with E-state index >= 15 is 0 Å². The van der Waals surface area contributed by atoms with Crippen molar-refractivity contribution < 1.29 is 4.74 Å². The van der Waals surface area contributed by atoms with Gasteiger partial charge in [-0.05, 0) is 12.1 Å². The number of hydrogen-bond donors (Lipinski definition) is 1. The maximum absolute atomic E-state index is 8.70. The molecule has 0 fully saturated rings. The number of benzene rings is 2. The molecular weight excluding hydrogens is 238 g/mol. The largest absolute Gasteiger partial charge is 0.496 e. The Morgan fingerprint density at radius 2 is 1.79 bits per heavy atom. The molecule has 0 saturated heterocycles. The van der Waals surface area contributed by atoms with Crippen LogP contribution in [-0.2, 0) is 0 Å². The minimum Gasteiger partial charge on any atom is -0.496 e. The van der Waals surface area contributed by atoms with Crippen molar-refractivity contribution in [3.8, 4) is 17.9 Å². The van der Waals surface area contributed by atoms with E-state index in [9.17, 15) is 0 Å².